The number of urea groups is 1. The average Bonchev–Trinajstić information content (AvgIpc) is 3.15. The van der Waals surface area contributed by atoms with Crippen LogP contribution in [0.3, 0.4) is 0 Å². The van der Waals surface area contributed by atoms with Crippen molar-refractivity contribution in [3.63, 3.8) is 0 Å². The van der Waals surface area contributed by atoms with E-state index < -0.39 is 5.97 Å². The summed E-state index contributed by atoms with van der Waals surface area (Å²) in [7, 11) is 0. The number of hydrogen-bond acceptors (Lipinski definition) is 3. The van der Waals surface area contributed by atoms with E-state index in [2.05, 4.69) is 29.6 Å². The minimum absolute atomic E-state index is 0.0302. The number of benzene rings is 1. The molecule has 2 N–H and O–H groups in total. The van der Waals surface area contributed by atoms with E-state index in [0.29, 0.717) is 19.0 Å². The smallest absolute Gasteiger partial charge is 0.317 e. The van der Waals surface area contributed by atoms with Gasteiger partial charge in [-0.3, -0.25) is 9.69 Å². The van der Waals surface area contributed by atoms with Gasteiger partial charge in [-0.05, 0) is 37.8 Å². The van der Waals surface area contributed by atoms with Crippen LogP contribution in [-0.4, -0.2) is 65.2 Å². The molecule has 1 saturated carbocycles. The maximum Gasteiger partial charge on any atom is 0.317 e. The van der Waals surface area contributed by atoms with E-state index >= 15 is 0 Å². The average molecular weight is 373 g/mol. The summed E-state index contributed by atoms with van der Waals surface area (Å²) in [6, 6.07) is 10.9. The second-order valence-corrected chi connectivity index (χ2v) is 7.68. The van der Waals surface area contributed by atoms with Gasteiger partial charge in [0.1, 0.15) is 0 Å². The Balaban J connectivity index is 1.51. The summed E-state index contributed by atoms with van der Waals surface area (Å²) in [5.41, 5.74) is 1.31. The van der Waals surface area contributed by atoms with Crippen LogP contribution in [0, 0.1) is 0 Å². The number of likely N-dealkylation sites (tertiary alicyclic amines) is 1. The Kier molecular flexibility index (Phi) is 6.72. The maximum atomic E-state index is 12.8. The summed E-state index contributed by atoms with van der Waals surface area (Å²) in [5.74, 6) is -0.385. The molecule has 6 nitrogen and oxygen atoms in total. The van der Waals surface area contributed by atoms with Gasteiger partial charge in [0.15, 0.2) is 0 Å². The zero-order valence-corrected chi connectivity index (χ0v) is 16.1. The van der Waals surface area contributed by atoms with E-state index in [-0.39, 0.29) is 24.7 Å². The molecular formula is C21H31N3O3. The van der Waals surface area contributed by atoms with E-state index in [1.165, 1.54) is 5.56 Å². The molecule has 1 saturated heterocycles. The summed E-state index contributed by atoms with van der Waals surface area (Å²) in [4.78, 5) is 27.7. The maximum absolute atomic E-state index is 12.8. The third-order valence-electron chi connectivity index (χ3n) is 6.07. The molecular weight excluding hydrogens is 342 g/mol. The fraction of sp³-hybridized carbons (Fsp3) is 0.619. The number of carbonyl (C=O) groups is 2. The van der Waals surface area contributed by atoms with E-state index in [1.54, 1.807) is 0 Å². The Morgan fingerprint density at radius 2 is 1.85 bits per heavy atom. The van der Waals surface area contributed by atoms with E-state index in [0.717, 1.165) is 38.6 Å². The molecule has 1 aliphatic heterocycles. The Morgan fingerprint density at radius 1 is 1.15 bits per heavy atom. The monoisotopic (exact) mass is 373 g/mol. The lowest BCUT2D eigenvalue weighted by Crippen LogP contribution is -2.52. The number of likely N-dealkylation sites (N-methyl/N-ethyl adjacent to an activating group) is 1. The number of rotatable bonds is 6. The van der Waals surface area contributed by atoms with Crippen LogP contribution in [-0.2, 0) is 4.79 Å². The number of carboxylic acid groups (broad SMARTS) is 1. The van der Waals surface area contributed by atoms with E-state index in [9.17, 15) is 9.59 Å². The summed E-state index contributed by atoms with van der Waals surface area (Å²) < 4.78 is 0. The van der Waals surface area contributed by atoms with Crippen LogP contribution in [0.15, 0.2) is 30.3 Å². The standard InChI is InChI=1S/C21H31N3O3/c1-2-23(15-20(25)26)17-11-13-24(14-12-17)21(27)22-19-10-6-9-18(19)16-7-4-3-5-8-16/h3-5,7-8,17-19H,2,6,9-15H2,1H3,(H,22,27)(H,25,26)/t18-,19-/m1/s1. The number of hydrogen-bond donors (Lipinski definition) is 2. The molecule has 2 amide bonds. The third-order valence-corrected chi connectivity index (χ3v) is 6.07. The van der Waals surface area contributed by atoms with Gasteiger partial charge < -0.3 is 15.3 Å². The van der Waals surface area contributed by atoms with Crippen molar-refractivity contribution in [1.82, 2.24) is 15.1 Å². The Morgan fingerprint density at radius 3 is 2.48 bits per heavy atom. The topological polar surface area (TPSA) is 72.9 Å². The molecule has 0 bridgehead atoms. The minimum atomic E-state index is -0.787. The number of carbonyl (C=O) groups excluding carboxylic acids is 1. The molecule has 148 valence electrons. The van der Waals surface area contributed by atoms with Crippen LogP contribution >= 0.6 is 0 Å². The predicted molar refractivity (Wildman–Crippen MR) is 105 cm³/mol. The van der Waals surface area contributed by atoms with Crippen molar-refractivity contribution in [3.8, 4) is 0 Å². The fourth-order valence-electron chi connectivity index (χ4n) is 4.59. The van der Waals surface area contributed by atoms with Crippen LogP contribution in [0.1, 0.15) is 50.5 Å². The van der Waals surface area contributed by atoms with Crippen LogP contribution in [0.4, 0.5) is 4.79 Å². The molecule has 0 radical (unpaired) electrons. The minimum Gasteiger partial charge on any atom is -0.480 e. The molecule has 0 spiro atoms. The van der Waals surface area contributed by atoms with Crippen molar-refractivity contribution in [2.75, 3.05) is 26.2 Å². The van der Waals surface area contributed by atoms with Crippen molar-refractivity contribution in [1.29, 1.82) is 0 Å². The SMILES string of the molecule is CCN(CC(=O)O)C1CCN(C(=O)N[C@@H]2CCC[C@@H]2c2ccccc2)CC1. The highest BCUT2D eigenvalue weighted by atomic mass is 16.4. The Bertz CT molecular complexity index is 629. The van der Waals surface area contributed by atoms with Crippen molar-refractivity contribution >= 4 is 12.0 Å². The second-order valence-electron chi connectivity index (χ2n) is 7.68. The number of carboxylic acids is 1. The van der Waals surface area contributed by atoms with Crippen LogP contribution in [0.25, 0.3) is 0 Å². The Hall–Kier alpha value is -2.08. The van der Waals surface area contributed by atoms with Crippen molar-refractivity contribution in [2.24, 2.45) is 0 Å². The molecule has 6 heteroatoms. The molecule has 0 unspecified atom stereocenters. The normalized spacial score (nSPS) is 23.6. The van der Waals surface area contributed by atoms with Crippen molar-refractivity contribution in [3.05, 3.63) is 35.9 Å². The van der Waals surface area contributed by atoms with Crippen molar-refractivity contribution < 1.29 is 14.7 Å². The number of nitrogens with one attached hydrogen (secondary N) is 1. The number of nitrogens with zero attached hydrogens (tertiary/aromatic N) is 2. The predicted octanol–water partition coefficient (Wildman–Crippen LogP) is 2.90. The van der Waals surface area contributed by atoms with Gasteiger partial charge in [0.25, 0.3) is 0 Å². The third kappa shape index (κ3) is 5.01. The van der Waals surface area contributed by atoms with Gasteiger partial charge in [0.2, 0.25) is 0 Å². The van der Waals surface area contributed by atoms with Crippen molar-refractivity contribution in [2.45, 2.75) is 57.0 Å². The zero-order valence-electron chi connectivity index (χ0n) is 16.1. The molecule has 0 aromatic heterocycles. The molecule has 2 aliphatic rings. The summed E-state index contributed by atoms with van der Waals surface area (Å²) in [6.07, 6.45) is 4.97. The van der Waals surface area contributed by atoms with Crippen LogP contribution < -0.4 is 5.32 Å². The van der Waals surface area contributed by atoms with E-state index in [4.69, 9.17) is 5.11 Å². The first kappa shape index (κ1) is 19.7. The van der Waals surface area contributed by atoms with Gasteiger partial charge in [0, 0.05) is 31.1 Å². The molecule has 1 aromatic rings. The summed E-state index contributed by atoms with van der Waals surface area (Å²) in [5, 5.41) is 12.3. The largest absolute Gasteiger partial charge is 0.480 e. The highest BCUT2D eigenvalue weighted by Gasteiger charge is 2.32. The fourth-order valence-corrected chi connectivity index (χ4v) is 4.59. The zero-order chi connectivity index (χ0) is 19.2. The molecule has 1 aliphatic carbocycles. The highest BCUT2D eigenvalue weighted by molar-refractivity contribution is 5.75. The van der Waals surface area contributed by atoms with Crippen LogP contribution in [0.2, 0.25) is 0 Å². The lowest BCUT2D eigenvalue weighted by molar-refractivity contribution is -0.139. The lowest BCUT2D eigenvalue weighted by atomic mass is 9.94. The van der Waals surface area contributed by atoms with Crippen LogP contribution in [0.5, 0.6) is 0 Å². The second kappa shape index (κ2) is 9.22. The summed E-state index contributed by atoms with van der Waals surface area (Å²) >= 11 is 0. The molecule has 27 heavy (non-hydrogen) atoms. The molecule has 2 atom stereocenters. The number of amides is 2. The first-order valence-electron chi connectivity index (χ1n) is 10.1. The van der Waals surface area contributed by atoms with Gasteiger partial charge >= 0.3 is 12.0 Å². The molecule has 2 fully saturated rings. The lowest BCUT2D eigenvalue weighted by Gasteiger charge is -2.38. The molecule has 1 aromatic carbocycles. The molecule has 3 rings (SSSR count). The van der Waals surface area contributed by atoms with Gasteiger partial charge in [-0.15, -0.1) is 0 Å². The number of aliphatic carboxylic acids is 1. The number of piperidine rings is 1. The van der Waals surface area contributed by atoms with Gasteiger partial charge in [-0.1, -0.05) is 43.7 Å². The van der Waals surface area contributed by atoms with Gasteiger partial charge in [0.05, 0.1) is 6.54 Å². The summed E-state index contributed by atoms with van der Waals surface area (Å²) in [6.45, 7) is 4.18. The van der Waals surface area contributed by atoms with E-state index in [1.807, 2.05) is 22.8 Å². The van der Waals surface area contributed by atoms with Gasteiger partial charge in [-0.25, -0.2) is 4.79 Å². The first-order valence-corrected chi connectivity index (χ1v) is 10.1. The quantitative estimate of drug-likeness (QED) is 0.804. The Labute approximate surface area is 161 Å². The van der Waals surface area contributed by atoms with Gasteiger partial charge in [-0.2, -0.15) is 0 Å². The molecule has 1 heterocycles. The first-order chi connectivity index (χ1) is 13.1. The highest BCUT2D eigenvalue weighted by Crippen LogP contribution is 2.34.